The normalized spacial score (nSPS) is 18.0. The van der Waals surface area contributed by atoms with Crippen molar-refractivity contribution < 1.29 is 13.6 Å². The van der Waals surface area contributed by atoms with E-state index in [0.717, 1.165) is 13.0 Å². The molecule has 0 atom stereocenters. The van der Waals surface area contributed by atoms with Crippen molar-refractivity contribution in [3.8, 4) is 0 Å². The highest BCUT2D eigenvalue weighted by Gasteiger charge is 2.45. The van der Waals surface area contributed by atoms with Crippen LogP contribution in [0.4, 0.5) is 0 Å². The van der Waals surface area contributed by atoms with Gasteiger partial charge in [-0.05, 0) is 12.1 Å². The van der Waals surface area contributed by atoms with Gasteiger partial charge in [0.15, 0.2) is 0 Å². The Bertz CT molecular complexity index is 215. The molecule has 1 saturated heterocycles. The molecule has 0 bridgehead atoms. The molecule has 5 heteroatoms. The van der Waals surface area contributed by atoms with Gasteiger partial charge in [-0.15, -0.1) is 6.58 Å². The van der Waals surface area contributed by atoms with Crippen LogP contribution in [0.3, 0.4) is 0 Å². The number of amides is 1. The van der Waals surface area contributed by atoms with Gasteiger partial charge in [-0.3, -0.25) is 4.79 Å². The zero-order valence-electron chi connectivity index (χ0n) is 8.08. The number of rotatable bonds is 4. The zero-order chi connectivity index (χ0) is 9.90. The molecular formula is C8H15NO3Si. The maximum absolute atomic E-state index is 11.5. The van der Waals surface area contributed by atoms with Gasteiger partial charge in [0.2, 0.25) is 5.91 Å². The topological polar surface area (TPSA) is 38.8 Å². The molecule has 13 heavy (non-hydrogen) atoms. The van der Waals surface area contributed by atoms with Crippen molar-refractivity contribution >= 4 is 14.6 Å². The molecule has 1 rings (SSSR count). The zero-order valence-corrected chi connectivity index (χ0v) is 9.08. The van der Waals surface area contributed by atoms with E-state index >= 15 is 0 Å². The summed E-state index contributed by atoms with van der Waals surface area (Å²) < 4.78 is 12.3. The molecule has 0 aromatic heterocycles. The summed E-state index contributed by atoms with van der Waals surface area (Å²) in [7, 11) is 0.517. The fraction of sp³-hybridized carbons (Fsp3) is 0.625. The Labute approximate surface area is 79.5 Å². The largest absolute Gasteiger partial charge is 0.488 e. The molecule has 1 amide bonds. The second kappa shape index (κ2) is 4.04. The molecule has 0 radical (unpaired) electrons. The highest BCUT2D eigenvalue weighted by molar-refractivity contribution is 6.72. The van der Waals surface area contributed by atoms with Gasteiger partial charge in [0.1, 0.15) is 0 Å². The SMILES string of the molecule is C=C[Si](OC)(OC)N1CCCC1=O. The van der Waals surface area contributed by atoms with Crippen LogP contribution in [0.2, 0.25) is 0 Å². The van der Waals surface area contributed by atoms with Gasteiger partial charge in [-0.1, -0.05) is 0 Å². The van der Waals surface area contributed by atoms with E-state index in [2.05, 4.69) is 6.58 Å². The molecule has 0 aromatic carbocycles. The van der Waals surface area contributed by atoms with Crippen LogP contribution in [0, 0.1) is 0 Å². The highest BCUT2D eigenvalue weighted by Crippen LogP contribution is 2.20. The van der Waals surface area contributed by atoms with E-state index in [9.17, 15) is 4.79 Å². The van der Waals surface area contributed by atoms with Crippen molar-refractivity contribution in [2.45, 2.75) is 12.8 Å². The third-order valence-electron chi connectivity index (χ3n) is 2.29. The first kappa shape index (κ1) is 10.4. The second-order valence-corrected chi connectivity index (χ2v) is 5.92. The Kier molecular flexibility index (Phi) is 3.24. The first-order valence-corrected chi connectivity index (χ1v) is 6.08. The van der Waals surface area contributed by atoms with Crippen molar-refractivity contribution in [1.82, 2.24) is 4.57 Å². The molecule has 1 aliphatic heterocycles. The Morgan fingerprint density at radius 2 is 2.15 bits per heavy atom. The van der Waals surface area contributed by atoms with Crippen LogP contribution in [-0.4, -0.2) is 40.0 Å². The lowest BCUT2D eigenvalue weighted by molar-refractivity contribution is -0.125. The summed E-state index contributed by atoms with van der Waals surface area (Å²) >= 11 is 0. The third kappa shape index (κ3) is 1.67. The van der Waals surface area contributed by atoms with Crippen molar-refractivity contribution in [2.24, 2.45) is 0 Å². The fourth-order valence-electron chi connectivity index (χ4n) is 1.56. The minimum absolute atomic E-state index is 0.107. The molecular weight excluding hydrogens is 186 g/mol. The Balaban J connectivity index is 2.85. The lowest BCUT2D eigenvalue weighted by Crippen LogP contribution is -2.56. The standard InChI is InChI=1S/C8H15NO3Si/c1-4-13(11-2,12-3)9-7-5-6-8(9)10/h4H,1,5-7H2,2-3H3. The van der Waals surface area contributed by atoms with Crippen molar-refractivity contribution in [1.29, 1.82) is 0 Å². The van der Waals surface area contributed by atoms with Crippen LogP contribution in [0.15, 0.2) is 12.3 Å². The number of carbonyl (C=O) groups is 1. The van der Waals surface area contributed by atoms with Gasteiger partial charge >= 0.3 is 8.72 Å². The molecule has 0 aliphatic carbocycles. The van der Waals surface area contributed by atoms with Crippen LogP contribution in [0.25, 0.3) is 0 Å². The predicted octanol–water partition coefficient (Wildman–Crippen LogP) is 0.566. The first-order valence-electron chi connectivity index (χ1n) is 4.24. The number of nitrogens with zero attached hydrogens (tertiary/aromatic N) is 1. The van der Waals surface area contributed by atoms with E-state index < -0.39 is 8.72 Å². The van der Waals surface area contributed by atoms with E-state index in [0.29, 0.717) is 6.42 Å². The summed E-state index contributed by atoms with van der Waals surface area (Å²) in [5.41, 5.74) is 1.64. The van der Waals surface area contributed by atoms with E-state index in [1.807, 2.05) is 0 Å². The van der Waals surface area contributed by atoms with Gasteiger partial charge in [0.05, 0.1) is 0 Å². The van der Waals surface area contributed by atoms with Gasteiger partial charge in [0.25, 0.3) is 0 Å². The third-order valence-corrected chi connectivity index (χ3v) is 5.20. The molecule has 74 valence electrons. The van der Waals surface area contributed by atoms with Crippen LogP contribution < -0.4 is 0 Å². The average molecular weight is 201 g/mol. The van der Waals surface area contributed by atoms with Crippen LogP contribution in [0.5, 0.6) is 0 Å². The molecule has 0 unspecified atom stereocenters. The summed E-state index contributed by atoms with van der Waals surface area (Å²) in [5, 5.41) is 0. The number of hydrogen-bond acceptors (Lipinski definition) is 3. The monoisotopic (exact) mass is 201 g/mol. The molecule has 4 nitrogen and oxygen atoms in total. The van der Waals surface area contributed by atoms with Crippen LogP contribution in [0.1, 0.15) is 12.8 Å². The highest BCUT2D eigenvalue weighted by atomic mass is 28.4. The maximum atomic E-state index is 11.5. The minimum Gasteiger partial charge on any atom is -0.379 e. The smallest absolute Gasteiger partial charge is 0.379 e. The van der Waals surface area contributed by atoms with Gasteiger partial charge in [-0.2, -0.15) is 0 Å². The molecule has 0 spiro atoms. The summed E-state index contributed by atoms with van der Waals surface area (Å²) in [6.07, 6.45) is 1.48. The van der Waals surface area contributed by atoms with Crippen molar-refractivity contribution in [3.63, 3.8) is 0 Å². The lowest BCUT2D eigenvalue weighted by atomic mass is 10.4. The van der Waals surface area contributed by atoms with Crippen molar-refractivity contribution in [2.75, 3.05) is 20.8 Å². The predicted molar refractivity (Wildman–Crippen MR) is 50.9 cm³/mol. The number of hydrogen-bond donors (Lipinski definition) is 0. The second-order valence-electron chi connectivity index (χ2n) is 2.89. The van der Waals surface area contributed by atoms with Gasteiger partial charge in [-0.25, -0.2) is 0 Å². The Morgan fingerprint density at radius 1 is 1.54 bits per heavy atom. The lowest BCUT2D eigenvalue weighted by Gasteiger charge is -2.32. The minimum atomic E-state index is -2.60. The Hall–Kier alpha value is -0.653. The van der Waals surface area contributed by atoms with E-state index in [4.69, 9.17) is 8.85 Å². The molecule has 0 saturated carbocycles. The summed E-state index contributed by atoms with van der Waals surface area (Å²) in [5.74, 6) is 0.107. The molecule has 1 heterocycles. The Morgan fingerprint density at radius 3 is 2.46 bits per heavy atom. The first-order chi connectivity index (χ1) is 6.20. The fourth-order valence-corrected chi connectivity index (χ4v) is 3.65. The van der Waals surface area contributed by atoms with Crippen LogP contribution >= 0.6 is 0 Å². The number of carbonyl (C=O) groups excluding carboxylic acids is 1. The molecule has 0 N–H and O–H groups in total. The van der Waals surface area contributed by atoms with Gasteiger partial charge in [0, 0.05) is 27.2 Å². The summed E-state index contributed by atoms with van der Waals surface area (Å²) in [6, 6.07) is 0. The maximum Gasteiger partial charge on any atom is 0.488 e. The molecule has 1 fully saturated rings. The molecule has 1 aliphatic rings. The van der Waals surface area contributed by atoms with Crippen molar-refractivity contribution in [3.05, 3.63) is 12.3 Å². The average Bonchev–Trinajstić information content (AvgIpc) is 2.57. The molecule has 0 aromatic rings. The quantitative estimate of drug-likeness (QED) is 0.624. The van der Waals surface area contributed by atoms with Crippen LogP contribution in [-0.2, 0) is 13.6 Å². The summed E-state index contributed by atoms with van der Waals surface area (Å²) in [6.45, 7) is 4.39. The van der Waals surface area contributed by atoms with E-state index in [-0.39, 0.29) is 5.91 Å². The van der Waals surface area contributed by atoms with E-state index in [1.165, 1.54) is 0 Å². The summed E-state index contributed by atoms with van der Waals surface area (Å²) in [4.78, 5) is 11.5. The van der Waals surface area contributed by atoms with E-state index in [1.54, 1.807) is 24.5 Å². The van der Waals surface area contributed by atoms with Gasteiger partial charge < -0.3 is 13.4 Å².